The SMILES string of the molecule is CCC(C)C(NC(=O)NN1CCN(C)CC1)C(=O)O. The number of piperazine rings is 1. The minimum Gasteiger partial charge on any atom is -0.480 e. The van der Waals surface area contributed by atoms with Gasteiger partial charge in [-0.3, -0.25) is 5.43 Å². The summed E-state index contributed by atoms with van der Waals surface area (Å²) in [6.07, 6.45) is 0.700. The van der Waals surface area contributed by atoms with Crippen molar-refractivity contribution in [2.45, 2.75) is 26.3 Å². The molecule has 1 heterocycles. The third-order valence-electron chi connectivity index (χ3n) is 3.53. The van der Waals surface area contributed by atoms with Crippen LogP contribution in [0.1, 0.15) is 20.3 Å². The van der Waals surface area contributed by atoms with E-state index in [1.165, 1.54) is 0 Å². The van der Waals surface area contributed by atoms with Gasteiger partial charge in [-0.25, -0.2) is 14.6 Å². The molecule has 0 bridgehead atoms. The Morgan fingerprint density at radius 1 is 1.26 bits per heavy atom. The number of rotatable bonds is 5. The predicted octanol–water partition coefficient (Wildman–Crippen LogP) is -0.0527. The zero-order valence-corrected chi connectivity index (χ0v) is 11.8. The van der Waals surface area contributed by atoms with Crippen LogP contribution < -0.4 is 10.7 Å². The largest absolute Gasteiger partial charge is 0.480 e. The first kappa shape index (κ1) is 15.7. The van der Waals surface area contributed by atoms with E-state index in [1.54, 1.807) is 0 Å². The highest BCUT2D eigenvalue weighted by Gasteiger charge is 2.26. The van der Waals surface area contributed by atoms with Gasteiger partial charge in [0.25, 0.3) is 0 Å². The first-order valence-corrected chi connectivity index (χ1v) is 6.67. The lowest BCUT2D eigenvalue weighted by Gasteiger charge is -2.32. The lowest BCUT2D eigenvalue weighted by molar-refractivity contribution is -0.140. The van der Waals surface area contributed by atoms with Gasteiger partial charge in [0.15, 0.2) is 0 Å². The molecule has 1 aliphatic heterocycles. The van der Waals surface area contributed by atoms with E-state index in [0.29, 0.717) is 6.42 Å². The zero-order chi connectivity index (χ0) is 14.4. The minimum atomic E-state index is -0.997. The number of amides is 2. The van der Waals surface area contributed by atoms with Crippen molar-refractivity contribution in [3.05, 3.63) is 0 Å². The third kappa shape index (κ3) is 5.04. The normalized spacial score (nSPS) is 20.6. The van der Waals surface area contributed by atoms with Gasteiger partial charge in [-0.2, -0.15) is 0 Å². The molecule has 0 saturated carbocycles. The average Bonchev–Trinajstić information content (AvgIpc) is 2.37. The lowest BCUT2D eigenvalue weighted by Crippen LogP contribution is -2.57. The van der Waals surface area contributed by atoms with Gasteiger partial charge in [0.05, 0.1) is 0 Å². The van der Waals surface area contributed by atoms with Gasteiger partial charge in [-0.05, 0) is 13.0 Å². The Morgan fingerprint density at radius 3 is 2.32 bits per heavy atom. The first-order valence-electron chi connectivity index (χ1n) is 6.67. The van der Waals surface area contributed by atoms with Crippen LogP contribution in [0.3, 0.4) is 0 Å². The van der Waals surface area contributed by atoms with Crippen LogP contribution in [0.15, 0.2) is 0 Å². The number of carbonyl (C=O) groups excluding carboxylic acids is 1. The standard InChI is InChI=1S/C12H24N4O3/c1-4-9(2)10(11(17)18)13-12(19)14-16-7-5-15(3)6-8-16/h9-10H,4-8H2,1-3H3,(H,17,18)(H2,13,14,19). The van der Waals surface area contributed by atoms with E-state index in [1.807, 2.05) is 25.9 Å². The topological polar surface area (TPSA) is 84.9 Å². The number of carbonyl (C=O) groups is 2. The van der Waals surface area contributed by atoms with Gasteiger partial charge in [0.1, 0.15) is 6.04 Å². The summed E-state index contributed by atoms with van der Waals surface area (Å²) in [4.78, 5) is 25.1. The second-order valence-corrected chi connectivity index (χ2v) is 5.08. The Bertz CT molecular complexity index is 316. The van der Waals surface area contributed by atoms with Gasteiger partial charge in [-0.15, -0.1) is 0 Å². The van der Waals surface area contributed by atoms with Crippen LogP contribution in [-0.4, -0.2) is 66.3 Å². The average molecular weight is 272 g/mol. The molecule has 0 aliphatic carbocycles. The van der Waals surface area contributed by atoms with Crippen LogP contribution in [0.5, 0.6) is 0 Å². The Morgan fingerprint density at radius 2 is 1.84 bits per heavy atom. The molecule has 2 amide bonds. The molecule has 19 heavy (non-hydrogen) atoms. The van der Waals surface area contributed by atoms with Crippen molar-refractivity contribution in [1.29, 1.82) is 0 Å². The number of hydrogen-bond acceptors (Lipinski definition) is 4. The predicted molar refractivity (Wildman–Crippen MR) is 71.6 cm³/mol. The number of aliphatic carboxylic acids is 1. The fourth-order valence-corrected chi connectivity index (χ4v) is 1.92. The third-order valence-corrected chi connectivity index (χ3v) is 3.53. The molecule has 0 radical (unpaired) electrons. The summed E-state index contributed by atoms with van der Waals surface area (Å²) < 4.78 is 0. The maximum atomic E-state index is 11.8. The molecule has 110 valence electrons. The molecule has 7 nitrogen and oxygen atoms in total. The number of urea groups is 1. The molecule has 7 heteroatoms. The van der Waals surface area contributed by atoms with Gasteiger partial charge in [0.2, 0.25) is 0 Å². The maximum absolute atomic E-state index is 11.8. The Labute approximate surface area is 113 Å². The lowest BCUT2D eigenvalue weighted by atomic mass is 10.00. The molecule has 0 aromatic heterocycles. The second-order valence-electron chi connectivity index (χ2n) is 5.08. The van der Waals surface area contributed by atoms with Crippen molar-refractivity contribution < 1.29 is 14.7 Å². The molecule has 2 unspecified atom stereocenters. The first-order chi connectivity index (χ1) is 8.93. The number of likely N-dealkylation sites (N-methyl/N-ethyl adjacent to an activating group) is 1. The Kier molecular flexibility index (Phi) is 6.04. The van der Waals surface area contributed by atoms with E-state index >= 15 is 0 Å². The molecule has 1 fully saturated rings. The quantitative estimate of drug-likeness (QED) is 0.653. The van der Waals surface area contributed by atoms with Crippen LogP contribution in [0.2, 0.25) is 0 Å². The number of nitrogens with zero attached hydrogens (tertiary/aromatic N) is 2. The molecule has 0 spiro atoms. The Balaban J connectivity index is 2.42. The molecule has 0 aromatic carbocycles. The minimum absolute atomic E-state index is 0.101. The van der Waals surface area contributed by atoms with E-state index < -0.39 is 18.0 Å². The summed E-state index contributed by atoms with van der Waals surface area (Å²) in [5.74, 6) is -1.10. The summed E-state index contributed by atoms with van der Waals surface area (Å²) in [6, 6.07) is -1.30. The number of hydrogen-bond donors (Lipinski definition) is 3. The smallest absolute Gasteiger partial charge is 0.330 e. The number of carboxylic acid groups (broad SMARTS) is 1. The van der Waals surface area contributed by atoms with Gasteiger partial charge in [-0.1, -0.05) is 20.3 Å². The van der Waals surface area contributed by atoms with E-state index in [2.05, 4.69) is 15.6 Å². The van der Waals surface area contributed by atoms with E-state index in [4.69, 9.17) is 5.11 Å². The summed E-state index contributed by atoms with van der Waals surface area (Å²) in [5.41, 5.74) is 2.70. The van der Waals surface area contributed by atoms with Crippen molar-refractivity contribution in [2.24, 2.45) is 5.92 Å². The van der Waals surface area contributed by atoms with E-state index in [0.717, 1.165) is 26.2 Å². The van der Waals surface area contributed by atoms with Gasteiger partial charge >= 0.3 is 12.0 Å². The second kappa shape index (κ2) is 7.30. The highest BCUT2D eigenvalue weighted by molar-refractivity contribution is 5.82. The van der Waals surface area contributed by atoms with E-state index in [-0.39, 0.29) is 5.92 Å². The van der Waals surface area contributed by atoms with Crippen LogP contribution in [-0.2, 0) is 4.79 Å². The van der Waals surface area contributed by atoms with Crippen LogP contribution in [0.25, 0.3) is 0 Å². The van der Waals surface area contributed by atoms with Crippen molar-refractivity contribution >= 4 is 12.0 Å². The van der Waals surface area contributed by atoms with Crippen molar-refractivity contribution in [1.82, 2.24) is 20.7 Å². The fourth-order valence-electron chi connectivity index (χ4n) is 1.92. The van der Waals surface area contributed by atoms with Gasteiger partial charge in [0, 0.05) is 26.2 Å². The molecular weight excluding hydrogens is 248 g/mol. The molecule has 0 aromatic rings. The van der Waals surface area contributed by atoms with Crippen LogP contribution >= 0.6 is 0 Å². The van der Waals surface area contributed by atoms with Crippen molar-refractivity contribution in [3.8, 4) is 0 Å². The monoisotopic (exact) mass is 272 g/mol. The zero-order valence-electron chi connectivity index (χ0n) is 11.8. The molecule has 1 rings (SSSR count). The molecule has 1 aliphatic rings. The summed E-state index contributed by atoms with van der Waals surface area (Å²) >= 11 is 0. The molecule has 3 N–H and O–H groups in total. The van der Waals surface area contributed by atoms with Crippen molar-refractivity contribution in [3.63, 3.8) is 0 Å². The molecule has 2 atom stereocenters. The van der Waals surface area contributed by atoms with Crippen molar-refractivity contribution in [2.75, 3.05) is 33.2 Å². The number of nitrogens with one attached hydrogen (secondary N) is 2. The summed E-state index contributed by atoms with van der Waals surface area (Å²) in [7, 11) is 2.03. The highest BCUT2D eigenvalue weighted by Crippen LogP contribution is 2.07. The summed E-state index contributed by atoms with van der Waals surface area (Å²) in [5, 5.41) is 13.4. The highest BCUT2D eigenvalue weighted by atomic mass is 16.4. The summed E-state index contributed by atoms with van der Waals surface area (Å²) in [6.45, 7) is 6.97. The molecular formula is C12H24N4O3. The number of hydrazine groups is 1. The van der Waals surface area contributed by atoms with Crippen LogP contribution in [0.4, 0.5) is 4.79 Å². The van der Waals surface area contributed by atoms with E-state index in [9.17, 15) is 9.59 Å². The Hall–Kier alpha value is -1.34. The molecule has 1 saturated heterocycles. The van der Waals surface area contributed by atoms with Crippen LogP contribution in [0, 0.1) is 5.92 Å². The van der Waals surface area contributed by atoms with Gasteiger partial charge < -0.3 is 15.3 Å². The number of carboxylic acids is 1. The fraction of sp³-hybridized carbons (Fsp3) is 0.833. The maximum Gasteiger partial charge on any atom is 0.330 e.